The van der Waals surface area contributed by atoms with Gasteiger partial charge in [0, 0.05) is 13.0 Å². The molecule has 2 N–H and O–H groups in total. The van der Waals surface area contributed by atoms with Crippen LogP contribution in [0.2, 0.25) is 0 Å². The number of nitrogens with two attached hydrogens (primary N) is 1. The Kier molecular flexibility index (Phi) is 5.88. The average molecular weight is 245 g/mol. The third-order valence-electron chi connectivity index (χ3n) is 2.48. The smallest absolute Gasteiger partial charge is 0.325 e. The van der Waals surface area contributed by atoms with Crippen LogP contribution in [-0.4, -0.2) is 44.0 Å². The van der Waals surface area contributed by atoms with Crippen molar-refractivity contribution in [3.8, 4) is 0 Å². The SMILES string of the molecule is CC(C)COC1COC[C@H](N)C(=O)OC(C)C1. The topological polar surface area (TPSA) is 70.8 Å². The van der Waals surface area contributed by atoms with Crippen LogP contribution in [0.25, 0.3) is 0 Å². The molecule has 0 spiro atoms. The highest BCUT2D eigenvalue weighted by Crippen LogP contribution is 2.11. The zero-order valence-corrected chi connectivity index (χ0v) is 10.8. The van der Waals surface area contributed by atoms with Gasteiger partial charge in [0.1, 0.15) is 12.1 Å². The van der Waals surface area contributed by atoms with E-state index >= 15 is 0 Å². The van der Waals surface area contributed by atoms with Crippen molar-refractivity contribution in [3.63, 3.8) is 0 Å². The molecule has 0 aromatic rings. The summed E-state index contributed by atoms with van der Waals surface area (Å²) in [6.45, 7) is 7.36. The number of hydrogen-bond donors (Lipinski definition) is 1. The molecule has 5 heteroatoms. The van der Waals surface area contributed by atoms with Gasteiger partial charge in [0.05, 0.1) is 19.3 Å². The van der Waals surface area contributed by atoms with Gasteiger partial charge in [-0.3, -0.25) is 4.79 Å². The summed E-state index contributed by atoms with van der Waals surface area (Å²) in [5.74, 6) is 0.0738. The number of hydrogen-bond acceptors (Lipinski definition) is 5. The van der Waals surface area contributed by atoms with Crippen LogP contribution in [0.4, 0.5) is 0 Å². The number of carbonyl (C=O) groups excluding carboxylic acids is 1. The van der Waals surface area contributed by atoms with Crippen molar-refractivity contribution in [2.75, 3.05) is 19.8 Å². The van der Waals surface area contributed by atoms with Gasteiger partial charge in [0.15, 0.2) is 0 Å². The maximum absolute atomic E-state index is 11.4. The molecule has 1 aliphatic rings. The fraction of sp³-hybridized carbons (Fsp3) is 0.917. The maximum atomic E-state index is 11.4. The molecule has 0 bridgehead atoms. The van der Waals surface area contributed by atoms with Crippen LogP contribution in [0.1, 0.15) is 27.2 Å². The molecule has 0 aromatic heterocycles. The Balaban J connectivity index is 2.48. The van der Waals surface area contributed by atoms with Crippen LogP contribution in [0.3, 0.4) is 0 Å². The van der Waals surface area contributed by atoms with Gasteiger partial charge in [-0.05, 0) is 12.8 Å². The first-order valence-electron chi connectivity index (χ1n) is 6.14. The Morgan fingerprint density at radius 1 is 1.47 bits per heavy atom. The quantitative estimate of drug-likeness (QED) is 0.741. The van der Waals surface area contributed by atoms with Gasteiger partial charge in [-0.25, -0.2) is 0 Å². The van der Waals surface area contributed by atoms with Crippen molar-refractivity contribution >= 4 is 5.97 Å². The molecule has 3 atom stereocenters. The molecule has 0 aliphatic carbocycles. The Morgan fingerprint density at radius 3 is 2.82 bits per heavy atom. The lowest BCUT2D eigenvalue weighted by Gasteiger charge is -2.21. The van der Waals surface area contributed by atoms with Crippen molar-refractivity contribution < 1.29 is 19.0 Å². The maximum Gasteiger partial charge on any atom is 0.325 e. The number of ether oxygens (including phenoxy) is 3. The molecule has 0 aromatic carbocycles. The monoisotopic (exact) mass is 245 g/mol. The Hall–Kier alpha value is -0.650. The highest BCUT2D eigenvalue weighted by atomic mass is 16.6. The molecule has 5 nitrogen and oxygen atoms in total. The lowest BCUT2D eigenvalue weighted by molar-refractivity contribution is -0.151. The molecule has 0 amide bonds. The molecular formula is C12H23NO4. The predicted octanol–water partition coefficient (Wildman–Crippen LogP) is 0.707. The minimum Gasteiger partial charge on any atom is -0.461 e. The first-order chi connectivity index (χ1) is 7.99. The van der Waals surface area contributed by atoms with E-state index in [1.807, 2.05) is 6.92 Å². The highest BCUT2D eigenvalue weighted by Gasteiger charge is 2.24. The first-order valence-corrected chi connectivity index (χ1v) is 6.14. The van der Waals surface area contributed by atoms with E-state index in [1.54, 1.807) is 0 Å². The van der Waals surface area contributed by atoms with E-state index in [2.05, 4.69) is 13.8 Å². The molecule has 1 fully saturated rings. The summed E-state index contributed by atoms with van der Waals surface area (Å²) in [6, 6.07) is -0.693. The molecule has 0 radical (unpaired) electrons. The molecule has 1 rings (SSSR count). The molecule has 1 saturated heterocycles. The highest BCUT2D eigenvalue weighted by molar-refractivity contribution is 5.75. The molecule has 2 unspecified atom stereocenters. The fourth-order valence-electron chi connectivity index (χ4n) is 1.61. The summed E-state index contributed by atoms with van der Waals surface area (Å²) < 4.78 is 16.3. The van der Waals surface area contributed by atoms with Crippen LogP contribution >= 0.6 is 0 Å². The summed E-state index contributed by atoms with van der Waals surface area (Å²) in [4.78, 5) is 11.4. The number of carbonyl (C=O) groups is 1. The zero-order chi connectivity index (χ0) is 12.8. The van der Waals surface area contributed by atoms with E-state index in [0.29, 0.717) is 25.6 Å². The lowest BCUT2D eigenvalue weighted by Crippen LogP contribution is -2.37. The van der Waals surface area contributed by atoms with E-state index in [4.69, 9.17) is 19.9 Å². The average Bonchev–Trinajstić information content (AvgIpc) is 2.29. The lowest BCUT2D eigenvalue weighted by atomic mass is 10.2. The standard InChI is InChI=1S/C12H23NO4/c1-8(2)5-16-10-4-9(3)17-12(14)11(13)7-15-6-10/h8-11H,4-7,13H2,1-3H3/t9?,10?,11-/m0/s1. The molecular weight excluding hydrogens is 222 g/mol. The minimum absolute atomic E-state index is 0.0366. The Labute approximate surface area is 103 Å². The molecule has 100 valence electrons. The van der Waals surface area contributed by atoms with Crippen molar-refractivity contribution in [2.24, 2.45) is 11.7 Å². The number of esters is 1. The van der Waals surface area contributed by atoms with E-state index < -0.39 is 12.0 Å². The molecule has 1 heterocycles. The van der Waals surface area contributed by atoms with E-state index in [9.17, 15) is 4.79 Å². The number of rotatable bonds is 3. The second-order valence-corrected chi connectivity index (χ2v) is 4.98. The third-order valence-corrected chi connectivity index (χ3v) is 2.48. The van der Waals surface area contributed by atoms with Crippen molar-refractivity contribution in [1.29, 1.82) is 0 Å². The summed E-state index contributed by atoms with van der Waals surface area (Å²) in [5.41, 5.74) is 5.61. The first kappa shape index (κ1) is 14.4. The van der Waals surface area contributed by atoms with Crippen molar-refractivity contribution in [1.82, 2.24) is 0 Å². The second-order valence-electron chi connectivity index (χ2n) is 4.98. The molecule has 1 aliphatic heterocycles. The van der Waals surface area contributed by atoms with Gasteiger partial charge in [-0.1, -0.05) is 13.8 Å². The largest absolute Gasteiger partial charge is 0.461 e. The zero-order valence-electron chi connectivity index (χ0n) is 10.8. The van der Waals surface area contributed by atoms with Gasteiger partial charge < -0.3 is 19.9 Å². The second kappa shape index (κ2) is 6.93. The van der Waals surface area contributed by atoms with Gasteiger partial charge >= 0.3 is 5.97 Å². The van der Waals surface area contributed by atoms with Crippen LogP contribution < -0.4 is 5.73 Å². The number of cyclic esters (lactones) is 1. The van der Waals surface area contributed by atoms with Crippen molar-refractivity contribution in [2.45, 2.75) is 45.4 Å². The molecule has 17 heavy (non-hydrogen) atoms. The normalized spacial score (nSPS) is 31.6. The minimum atomic E-state index is -0.693. The van der Waals surface area contributed by atoms with Gasteiger partial charge in [-0.2, -0.15) is 0 Å². The van der Waals surface area contributed by atoms with Gasteiger partial charge in [0.2, 0.25) is 0 Å². The van der Waals surface area contributed by atoms with E-state index in [1.165, 1.54) is 0 Å². The van der Waals surface area contributed by atoms with Crippen LogP contribution in [-0.2, 0) is 19.0 Å². The Morgan fingerprint density at radius 2 is 2.18 bits per heavy atom. The van der Waals surface area contributed by atoms with E-state index in [0.717, 1.165) is 0 Å². The summed E-state index contributed by atoms with van der Waals surface area (Å²) in [5, 5.41) is 0. The summed E-state index contributed by atoms with van der Waals surface area (Å²) >= 11 is 0. The molecule has 0 saturated carbocycles. The fourth-order valence-corrected chi connectivity index (χ4v) is 1.61. The van der Waals surface area contributed by atoms with Gasteiger partial charge in [0.25, 0.3) is 0 Å². The van der Waals surface area contributed by atoms with Crippen LogP contribution in [0, 0.1) is 5.92 Å². The summed E-state index contributed by atoms with van der Waals surface area (Å²) in [6.07, 6.45) is 0.420. The Bertz CT molecular complexity index is 245. The third kappa shape index (κ3) is 5.48. The predicted molar refractivity (Wildman–Crippen MR) is 63.5 cm³/mol. The van der Waals surface area contributed by atoms with E-state index in [-0.39, 0.29) is 18.8 Å². The van der Waals surface area contributed by atoms with Crippen LogP contribution in [0.5, 0.6) is 0 Å². The van der Waals surface area contributed by atoms with Crippen LogP contribution in [0.15, 0.2) is 0 Å². The van der Waals surface area contributed by atoms with Crippen molar-refractivity contribution in [3.05, 3.63) is 0 Å². The summed E-state index contributed by atoms with van der Waals surface area (Å²) in [7, 11) is 0. The van der Waals surface area contributed by atoms with Gasteiger partial charge in [-0.15, -0.1) is 0 Å².